The van der Waals surface area contributed by atoms with E-state index < -0.39 is 28.7 Å². The molecule has 0 saturated carbocycles. The Hall–Kier alpha value is -2.37. The molecule has 8 heteroatoms. The van der Waals surface area contributed by atoms with E-state index in [0.29, 0.717) is 28.5 Å². The van der Waals surface area contributed by atoms with Gasteiger partial charge in [0, 0.05) is 44.3 Å². The number of nitrogens with zero attached hydrogens (tertiary/aromatic N) is 2. The van der Waals surface area contributed by atoms with Crippen molar-refractivity contribution in [3.05, 3.63) is 94.1 Å². The molecule has 0 saturated heterocycles. The summed E-state index contributed by atoms with van der Waals surface area (Å²) >= 11 is 1.35. The fourth-order valence-corrected chi connectivity index (χ4v) is 5.37. The molecular weight excluding hydrogens is 667 g/mol. The first-order valence-corrected chi connectivity index (χ1v) is 11.9. The molecule has 0 bridgehead atoms. The van der Waals surface area contributed by atoms with Gasteiger partial charge >= 0.3 is 21.1 Å². The predicted molar refractivity (Wildman–Crippen MR) is 130 cm³/mol. The molecule has 0 atom stereocenters. The van der Waals surface area contributed by atoms with Gasteiger partial charge in [-0.25, -0.2) is 0 Å². The summed E-state index contributed by atoms with van der Waals surface area (Å²) in [5, 5.41) is 0.402. The maximum atomic E-state index is 14.6. The standard InChI is InChI=1S/C28H24F4N2S.Pt/c1-27(2,3)15-23-25(34-26(35-23)19-12-10-17(30)14-21(19)32)28(4,5)24-8-6-7-22(33-24)18-11-9-16(29)13-20(18)31;/h6-10,13-14H,15H2,1-5H3;/q-2;+2. The molecule has 190 valence electrons. The summed E-state index contributed by atoms with van der Waals surface area (Å²) in [5.41, 5.74) is 0.998. The molecule has 4 aromatic rings. The number of thiazole rings is 1. The van der Waals surface area contributed by atoms with Crippen LogP contribution in [0.1, 0.15) is 50.9 Å². The molecular formula is C28H24F4N2PtS. The second kappa shape index (κ2) is 10.5. The molecule has 0 N–H and O–H groups in total. The van der Waals surface area contributed by atoms with Crippen molar-refractivity contribution in [1.29, 1.82) is 0 Å². The van der Waals surface area contributed by atoms with Gasteiger partial charge in [-0.1, -0.05) is 56.2 Å². The fraction of sp³-hybridized carbons (Fsp3) is 0.286. The molecule has 2 aromatic heterocycles. The average molecular weight is 692 g/mol. The van der Waals surface area contributed by atoms with Gasteiger partial charge in [0.25, 0.3) is 0 Å². The monoisotopic (exact) mass is 691 g/mol. The van der Waals surface area contributed by atoms with Gasteiger partial charge in [0.1, 0.15) is 0 Å². The summed E-state index contributed by atoms with van der Waals surface area (Å²) in [6.07, 6.45) is 0.673. The number of pyridine rings is 1. The molecule has 0 amide bonds. The van der Waals surface area contributed by atoms with Crippen LogP contribution >= 0.6 is 11.3 Å². The van der Waals surface area contributed by atoms with Crippen LogP contribution in [0.15, 0.2) is 42.5 Å². The van der Waals surface area contributed by atoms with Gasteiger partial charge in [0.05, 0.1) is 5.69 Å². The molecule has 2 aromatic carbocycles. The second-order valence-electron chi connectivity index (χ2n) is 10.1. The summed E-state index contributed by atoms with van der Waals surface area (Å²) in [6.45, 7) is 10.2. The van der Waals surface area contributed by atoms with E-state index in [1.807, 2.05) is 19.9 Å². The van der Waals surface area contributed by atoms with E-state index in [2.05, 4.69) is 37.9 Å². The molecule has 0 aliphatic carbocycles. The molecule has 0 radical (unpaired) electrons. The van der Waals surface area contributed by atoms with E-state index in [1.54, 1.807) is 12.1 Å². The third-order valence-corrected chi connectivity index (χ3v) is 6.63. The van der Waals surface area contributed by atoms with Crippen LogP contribution < -0.4 is 0 Å². The summed E-state index contributed by atoms with van der Waals surface area (Å²) in [5.74, 6) is -2.90. The minimum atomic E-state index is -0.751. The number of rotatable bonds is 5. The molecule has 0 spiro atoms. The maximum absolute atomic E-state index is 14.6. The van der Waals surface area contributed by atoms with E-state index in [9.17, 15) is 17.6 Å². The van der Waals surface area contributed by atoms with E-state index in [1.165, 1.54) is 11.3 Å². The van der Waals surface area contributed by atoms with Crippen molar-refractivity contribution in [2.75, 3.05) is 0 Å². The summed E-state index contributed by atoms with van der Waals surface area (Å²) < 4.78 is 55.8. The van der Waals surface area contributed by atoms with Crippen molar-refractivity contribution >= 4 is 11.3 Å². The molecule has 0 aliphatic heterocycles. The van der Waals surface area contributed by atoms with E-state index in [-0.39, 0.29) is 37.6 Å². The van der Waals surface area contributed by atoms with Crippen LogP contribution in [0.2, 0.25) is 0 Å². The van der Waals surface area contributed by atoms with Gasteiger partial charge in [-0.3, -0.25) is 22.5 Å². The molecule has 36 heavy (non-hydrogen) atoms. The van der Waals surface area contributed by atoms with Gasteiger partial charge in [-0.15, -0.1) is 24.3 Å². The summed E-state index contributed by atoms with van der Waals surface area (Å²) in [7, 11) is 0. The van der Waals surface area contributed by atoms with Gasteiger partial charge in [0.2, 0.25) is 0 Å². The molecule has 2 nitrogen and oxygen atoms in total. The van der Waals surface area contributed by atoms with Crippen LogP contribution in [0.5, 0.6) is 0 Å². The van der Waals surface area contributed by atoms with E-state index in [0.717, 1.165) is 29.1 Å². The fourth-order valence-electron chi connectivity index (χ4n) is 3.84. The van der Waals surface area contributed by atoms with Gasteiger partial charge in [-0.05, 0) is 37.4 Å². The Labute approximate surface area is 227 Å². The number of halogens is 4. The van der Waals surface area contributed by atoms with Crippen molar-refractivity contribution < 1.29 is 38.6 Å². The van der Waals surface area contributed by atoms with Crippen LogP contribution in [0.4, 0.5) is 17.6 Å². The van der Waals surface area contributed by atoms with Crippen molar-refractivity contribution in [2.24, 2.45) is 5.41 Å². The van der Waals surface area contributed by atoms with Crippen LogP contribution in [-0.4, -0.2) is 9.97 Å². The SMILES string of the molecule is CC(C)(C)Cc1sc(-c2[c-]cc(F)cc2F)nc1C(C)(C)c1cccc(-c2[c-]cc(F)cc2F)n1.[Pt+2]. The number of aromatic nitrogens is 2. The predicted octanol–water partition coefficient (Wildman–Crippen LogP) is 7.94. The van der Waals surface area contributed by atoms with Crippen molar-refractivity contribution in [3.8, 4) is 21.8 Å². The second-order valence-corrected chi connectivity index (χ2v) is 11.2. The topological polar surface area (TPSA) is 25.8 Å². The Kier molecular flexibility index (Phi) is 8.26. The first kappa shape index (κ1) is 28.2. The maximum Gasteiger partial charge on any atom is 2.00 e. The van der Waals surface area contributed by atoms with Crippen LogP contribution in [-0.2, 0) is 32.9 Å². The third-order valence-electron chi connectivity index (χ3n) is 5.56. The Bertz CT molecular complexity index is 1390. The minimum Gasteiger partial charge on any atom is -0.300 e. The zero-order valence-corrected chi connectivity index (χ0v) is 23.5. The third kappa shape index (κ3) is 5.95. The van der Waals surface area contributed by atoms with Crippen molar-refractivity contribution in [3.63, 3.8) is 0 Å². The van der Waals surface area contributed by atoms with Crippen molar-refractivity contribution in [2.45, 2.75) is 46.5 Å². The zero-order valence-electron chi connectivity index (χ0n) is 20.4. The smallest absolute Gasteiger partial charge is 0.300 e. The van der Waals surface area contributed by atoms with Crippen molar-refractivity contribution in [1.82, 2.24) is 9.97 Å². The number of hydrogen-bond acceptors (Lipinski definition) is 3. The van der Waals surface area contributed by atoms with E-state index >= 15 is 0 Å². The van der Waals surface area contributed by atoms with Crippen LogP contribution in [0.25, 0.3) is 21.8 Å². The molecule has 0 unspecified atom stereocenters. The quantitative estimate of drug-likeness (QED) is 0.157. The molecule has 2 heterocycles. The molecule has 0 aliphatic rings. The van der Waals surface area contributed by atoms with Crippen LogP contribution in [0.3, 0.4) is 0 Å². The van der Waals surface area contributed by atoms with Gasteiger partial charge in [0.15, 0.2) is 0 Å². The number of benzene rings is 2. The van der Waals surface area contributed by atoms with E-state index in [4.69, 9.17) is 4.98 Å². The largest absolute Gasteiger partial charge is 2.00 e. The Morgan fingerprint density at radius 1 is 0.833 bits per heavy atom. The molecule has 0 fully saturated rings. The summed E-state index contributed by atoms with van der Waals surface area (Å²) in [4.78, 5) is 10.4. The van der Waals surface area contributed by atoms with Crippen LogP contribution in [0, 0.1) is 40.8 Å². The normalized spacial score (nSPS) is 11.9. The number of hydrogen-bond donors (Lipinski definition) is 0. The average Bonchev–Trinajstić information content (AvgIpc) is 3.16. The Morgan fingerprint density at radius 2 is 1.42 bits per heavy atom. The minimum absolute atomic E-state index is 0. The Balaban J connectivity index is 0.00000361. The summed E-state index contributed by atoms with van der Waals surface area (Å²) in [6, 6.07) is 14.3. The van der Waals surface area contributed by atoms with Gasteiger partial charge < -0.3 is 4.98 Å². The Morgan fingerprint density at radius 3 is 1.97 bits per heavy atom. The molecule has 4 rings (SSSR count). The zero-order chi connectivity index (χ0) is 25.5. The first-order chi connectivity index (χ1) is 16.3. The first-order valence-electron chi connectivity index (χ1n) is 11.1. The van der Waals surface area contributed by atoms with Gasteiger partial charge in [-0.2, -0.15) is 11.3 Å².